The zero-order valence-electron chi connectivity index (χ0n) is 10.6. The van der Waals surface area contributed by atoms with Gasteiger partial charge in [0.1, 0.15) is 5.65 Å². The van der Waals surface area contributed by atoms with Crippen LogP contribution < -0.4 is 0 Å². The third-order valence-corrected chi connectivity index (χ3v) is 4.56. The summed E-state index contributed by atoms with van der Waals surface area (Å²) in [7, 11) is 0. The van der Waals surface area contributed by atoms with Gasteiger partial charge in [0.25, 0.3) is 0 Å². The van der Waals surface area contributed by atoms with Crippen molar-refractivity contribution in [2.24, 2.45) is 0 Å². The molecule has 0 saturated heterocycles. The maximum Gasteiger partial charge on any atom is 0.137 e. The molecule has 0 bridgehead atoms. The van der Waals surface area contributed by atoms with Crippen LogP contribution >= 0.6 is 31.9 Å². The van der Waals surface area contributed by atoms with Crippen LogP contribution in [0.5, 0.6) is 0 Å². The molecule has 2 aromatic heterocycles. The summed E-state index contributed by atoms with van der Waals surface area (Å²) in [5, 5.41) is 0. The Morgan fingerprint density at radius 2 is 1.89 bits per heavy atom. The van der Waals surface area contributed by atoms with Gasteiger partial charge in [-0.25, -0.2) is 4.98 Å². The summed E-state index contributed by atoms with van der Waals surface area (Å²) in [6, 6.07) is 10.3. The molecule has 1 aromatic carbocycles. The number of imidazole rings is 1. The van der Waals surface area contributed by atoms with E-state index >= 15 is 0 Å². The van der Waals surface area contributed by atoms with Crippen LogP contribution in [0.1, 0.15) is 11.3 Å². The lowest BCUT2D eigenvalue weighted by Gasteiger charge is -2.02. The molecule has 0 amide bonds. The van der Waals surface area contributed by atoms with Crippen LogP contribution in [-0.4, -0.2) is 9.38 Å². The smallest absolute Gasteiger partial charge is 0.137 e. The summed E-state index contributed by atoms with van der Waals surface area (Å²) in [5.74, 6) is 0. The molecule has 19 heavy (non-hydrogen) atoms. The SMILES string of the molecule is Cc1cc2nc(-c3cccc(Br)c3)c(C)n2cc1Br. The Hall–Kier alpha value is -1.13. The lowest BCUT2D eigenvalue weighted by molar-refractivity contribution is 1.09. The number of halogens is 2. The summed E-state index contributed by atoms with van der Waals surface area (Å²) in [6.07, 6.45) is 2.08. The van der Waals surface area contributed by atoms with Crippen molar-refractivity contribution in [3.05, 3.63) is 56.7 Å². The molecule has 0 saturated carbocycles. The number of nitrogens with zero attached hydrogens (tertiary/aromatic N) is 2. The van der Waals surface area contributed by atoms with Crippen molar-refractivity contribution in [2.75, 3.05) is 0 Å². The fourth-order valence-electron chi connectivity index (χ4n) is 2.19. The maximum atomic E-state index is 4.75. The number of fused-ring (bicyclic) bond motifs is 1. The van der Waals surface area contributed by atoms with Crippen molar-refractivity contribution in [1.82, 2.24) is 9.38 Å². The van der Waals surface area contributed by atoms with Gasteiger partial charge in [0.2, 0.25) is 0 Å². The van der Waals surface area contributed by atoms with Gasteiger partial charge in [-0.15, -0.1) is 0 Å². The molecule has 2 heterocycles. The fraction of sp³-hybridized carbons (Fsp3) is 0.133. The number of rotatable bonds is 1. The van der Waals surface area contributed by atoms with Crippen LogP contribution in [0.3, 0.4) is 0 Å². The molecule has 0 spiro atoms. The highest BCUT2D eigenvalue weighted by Crippen LogP contribution is 2.28. The van der Waals surface area contributed by atoms with Gasteiger partial charge in [0.15, 0.2) is 0 Å². The quantitative estimate of drug-likeness (QED) is 0.571. The molecule has 3 aromatic rings. The summed E-state index contributed by atoms with van der Waals surface area (Å²) in [5.41, 5.74) is 5.48. The second-order valence-corrected chi connectivity index (χ2v) is 6.36. The molecule has 0 unspecified atom stereocenters. The minimum atomic E-state index is 0.980. The van der Waals surface area contributed by atoms with E-state index in [1.165, 1.54) is 5.56 Å². The van der Waals surface area contributed by atoms with Crippen molar-refractivity contribution in [3.8, 4) is 11.3 Å². The largest absolute Gasteiger partial charge is 0.303 e. The van der Waals surface area contributed by atoms with Gasteiger partial charge in [-0.1, -0.05) is 28.1 Å². The molecular weight excluding hydrogens is 368 g/mol. The van der Waals surface area contributed by atoms with Gasteiger partial charge in [0.05, 0.1) is 5.69 Å². The summed E-state index contributed by atoms with van der Waals surface area (Å²) in [4.78, 5) is 4.75. The molecule has 0 aliphatic rings. The highest BCUT2D eigenvalue weighted by atomic mass is 79.9. The van der Waals surface area contributed by atoms with E-state index < -0.39 is 0 Å². The van der Waals surface area contributed by atoms with Gasteiger partial charge < -0.3 is 4.40 Å². The second kappa shape index (κ2) is 4.76. The Labute approximate surface area is 128 Å². The Morgan fingerprint density at radius 1 is 1.11 bits per heavy atom. The molecule has 0 radical (unpaired) electrons. The van der Waals surface area contributed by atoms with E-state index in [2.05, 4.69) is 74.5 Å². The molecule has 0 N–H and O–H groups in total. The summed E-state index contributed by atoms with van der Waals surface area (Å²) in [6.45, 7) is 4.17. The Kier molecular flexibility index (Phi) is 3.23. The number of hydrogen-bond acceptors (Lipinski definition) is 1. The predicted molar refractivity (Wildman–Crippen MR) is 85.5 cm³/mol. The van der Waals surface area contributed by atoms with E-state index in [1.807, 2.05) is 12.1 Å². The van der Waals surface area contributed by atoms with Gasteiger partial charge in [0, 0.05) is 26.4 Å². The Balaban J connectivity index is 2.28. The number of pyridine rings is 1. The first-order valence-corrected chi connectivity index (χ1v) is 7.55. The van der Waals surface area contributed by atoms with Crippen LogP contribution in [-0.2, 0) is 0 Å². The predicted octanol–water partition coefficient (Wildman–Crippen LogP) is 5.14. The van der Waals surface area contributed by atoms with Gasteiger partial charge in [-0.05, 0) is 53.5 Å². The molecule has 4 heteroatoms. The first-order chi connectivity index (χ1) is 9.06. The third-order valence-electron chi connectivity index (χ3n) is 3.24. The van der Waals surface area contributed by atoms with Crippen molar-refractivity contribution < 1.29 is 0 Å². The summed E-state index contributed by atoms with van der Waals surface area (Å²) >= 11 is 7.08. The molecule has 0 aliphatic heterocycles. The first-order valence-electron chi connectivity index (χ1n) is 5.97. The van der Waals surface area contributed by atoms with Gasteiger partial charge >= 0.3 is 0 Å². The molecule has 2 nitrogen and oxygen atoms in total. The van der Waals surface area contributed by atoms with E-state index in [4.69, 9.17) is 4.98 Å². The number of benzene rings is 1. The lowest BCUT2D eigenvalue weighted by Crippen LogP contribution is -1.89. The number of aryl methyl sites for hydroxylation is 2. The Morgan fingerprint density at radius 3 is 2.63 bits per heavy atom. The van der Waals surface area contributed by atoms with Gasteiger partial charge in [-0.2, -0.15) is 0 Å². The van der Waals surface area contributed by atoms with Crippen molar-refractivity contribution in [1.29, 1.82) is 0 Å². The highest BCUT2D eigenvalue weighted by molar-refractivity contribution is 9.10. The van der Waals surface area contributed by atoms with Crippen LogP contribution in [0.25, 0.3) is 16.9 Å². The van der Waals surface area contributed by atoms with E-state index in [9.17, 15) is 0 Å². The average Bonchev–Trinajstić information content (AvgIpc) is 2.68. The minimum Gasteiger partial charge on any atom is -0.303 e. The van der Waals surface area contributed by atoms with Gasteiger partial charge in [-0.3, -0.25) is 0 Å². The standard InChI is InChI=1S/C15H12Br2N2/c1-9-6-14-18-15(10(2)19(14)8-13(9)17)11-4-3-5-12(16)7-11/h3-8H,1-2H3. The van der Waals surface area contributed by atoms with E-state index in [1.54, 1.807) is 0 Å². The number of hydrogen-bond donors (Lipinski definition) is 0. The topological polar surface area (TPSA) is 17.3 Å². The van der Waals surface area contributed by atoms with Crippen LogP contribution in [0.4, 0.5) is 0 Å². The molecule has 3 rings (SSSR count). The van der Waals surface area contributed by atoms with Crippen LogP contribution in [0, 0.1) is 13.8 Å². The third kappa shape index (κ3) is 2.23. The molecule has 96 valence electrons. The first kappa shape index (κ1) is 12.9. The van der Waals surface area contributed by atoms with E-state index in [0.29, 0.717) is 0 Å². The monoisotopic (exact) mass is 378 g/mol. The average molecular weight is 380 g/mol. The summed E-state index contributed by atoms with van der Waals surface area (Å²) < 4.78 is 4.29. The Bertz CT molecular complexity index is 775. The van der Waals surface area contributed by atoms with Crippen LogP contribution in [0.2, 0.25) is 0 Å². The molecule has 0 fully saturated rings. The lowest BCUT2D eigenvalue weighted by atomic mass is 10.1. The normalized spacial score (nSPS) is 11.2. The maximum absolute atomic E-state index is 4.75. The van der Waals surface area contributed by atoms with Crippen molar-refractivity contribution >= 4 is 37.5 Å². The molecule has 0 aliphatic carbocycles. The highest BCUT2D eigenvalue weighted by Gasteiger charge is 2.11. The van der Waals surface area contributed by atoms with E-state index in [-0.39, 0.29) is 0 Å². The fourth-order valence-corrected chi connectivity index (χ4v) is 2.91. The molecule has 0 atom stereocenters. The van der Waals surface area contributed by atoms with Crippen molar-refractivity contribution in [2.45, 2.75) is 13.8 Å². The van der Waals surface area contributed by atoms with Crippen molar-refractivity contribution in [3.63, 3.8) is 0 Å². The second-order valence-electron chi connectivity index (χ2n) is 4.59. The zero-order valence-corrected chi connectivity index (χ0v) is 13.8. The number of aromatic nitrogens is 2. The minimum absolute atomic E-state index is 0.980. The van der Waals surface area contributed by atoms with Crippen LogP contribution in [0.15, 0.2) is 45.5 Å². The molecular formula is C15H12Br2N2. The van der Waals surface area contributed by atoms with E-state index in [0.717, 1.165) is 31.5 Å². The zero-order chi connectivity index (χ0) is 13.6.